The van der Waals surface area contributed by atoms with Crippen molar-refractivity contribution in [3.8, 4) is 0 Å². The normalized spacial score (nSPS) is 9.80. The van der Waals surface area contributed by atoms with Gasteiger partial charge in [-0.15, -0.1) is 0 Å². The predicted octanol–water partition coefficient (Wildman–Crippen LogP) is 1.77. The molecule has 0 spiro atoms. The first-order chi connectivity index (χ1) is 9.70. The number of amides is 2. The highest BCUT2D eigenvalue weighted by Gasteiger charge is 2.07. The summed E-state index contributed by atoms with van der Waals surface area (Å²) in [5.74, 6) is -0.224. The Hall–Kier alpha value is -2.82. The van der Waals surface area contributed by atoms with E-state index >= 15 is 0 Å². The highest BCUT2D eigenvalue weighted by Crippen LogP contribution is 2.17. The maximum absolute atomic E-state index is 12.1. The zero-order valence-corrected chi connectivity index (χ0v) is 10.8. The molecule has 102 valence electrons. The molecule has 2 aromatic rings. The van der Waals surface area contributed by atoms with Crippen molar-refractivity contribution in [3.05, 3.63) is 59.7 Å². The largest absolute Gasteiger partial charge is 0.397 e. The number of carbonyl (C=O) groups is 2. The quantitative estimate of drug-likeness (QED) is 0.571. The summed E-state index contributed by atoms with van der Waals surface area (Å²) in [6, 6.07) is 14.1. The smallest absolute Gasteiger partial charge is 0.255 e. The Morgan fingerprint density at radius 3 is 2.45 bits per heavy atom. The zero-order chi connectivity index (χ0) is 14.4. The summed E-state index contributed by atoms with van der Waals surface area (Å²) in [4.78, 5) is 22.3. The van der Waals surface area contributed by atoms with Crippen LogP contribution in [0, 0.1) is 0 Å². The van der Waals surface area contributed by atoms with E-state index in [0.717, 1.165) is 5.56 Å². The molecule has 0 fully saturated rings. The average molecular weight is 269 g/mol. The Kier molecular flexibility index (Phi) is 4.34. The van der Waals surface area contributed by atoms with Crippen molar-refractivity contribution in [2.45, 2.75) is 6.54 Å². The maximum Gasteiger partial charge on any atom is 0.255 e. The lowest BCUT2D eigenvalue weighted by atomic mass is 10.1. The Labute approximate surface area is 116 Å². The van der Waals surface area contributed by atoms with Crippen LogP contribution in [0.1, 0.15) is 15.9 Å². The number of carbonyl (C=O) groups excluding carboxylic acids is 2. The van der Waals surface area contributed by atoms with Crippen LogP contribution in [0.15, 0.2) is 48.5 Å². The number of nitrogen functional groups attached to an aromatic ring is 1. The fourth-order valence-electron chi connectivity index (χ4n) is 1.74. The van der Waals surface area contributed by atoms with Crippen molar-refractivity contribution >= 4 is 23.7 Å². The van der Waals surface area contributed by atoms with Gasteiger partial charge in [-0.3, -0.25) is 9.59 Å². The van der Waals surface area contributed by atoms with E-state index in [4.69, 9.17) is 5.73 Å². The lowest BCUT2D eigenvalue weighted by molar-refractivity contribution is -0.109. The van der Waals surface area contributed by atoms with Crippen molar-refractivity contribution in [1.82, 2.24) is 5.32 Å². The monoisotopic (exact) mass is 269 g/mol. The average Bonchev–Trinajstić information content (AvgIpc) is 2.48. The van der Waals surface area contributed by atoms with Gasteiger partial charge in [0.2, 0.25) is 6.41 Å². The Morgan fingerprint density at radius 1 is 1.10 bits per heavy atom. The van der Waals surface area contributed by atoms with Crippen LogP contribution in [0.2, 0.25) is 0 Å². The number of nitrogens with one attached hydrogen (secondary N) is 2. The zero-order valence-electron chi connectivity index (χ0n) is 10.8. The predicted molar refractivity (Wildman–Crippen MR) is 78.2 cm³/mol. The topological polar surface area (TPSA) is 84.2 Å². The molecule has 0 unspecified atom stereocenters. The van der Waals surface area contributed by atoms with Gasteiger partial charge in [0.05, 0.1) is 11.4 Å². The number of rotatable bonds is 5. The minimum atomic E-state index is -0.224. The summed E-state index contributed by atoms with van der Waals surface area (Å²) in [5, 5.41) is 5.32. The number of hydrogen-bond donors (Lipinski definition) is 3. The molecule has 4 N–H and O–H groups in total. The molecule has 0 aliphatic rings. The summed E-state index contributed by atoms with van der Waals surface area (Å²) in [6.45, 7) is 0.442. The van der Waals surface area contributed by atoms with Crippen LogP contribution in [0.5, 0.6) is 0 Å². The molecule has 2 amide bonds. The van der Waals surface area contributed by atoms with Gasteiger partial charge in [0.1, 0.15) is 0 Å². The summed E-state index contributed by atoms with van der Waals surface area (Å²) in [7, 11) is 0. The minimum Gasteiger partial charge on any atom is -0.397 e. The van der Waals surface area contributed by atoms with Crippen LogP contribution < -0.4 is 16.4 Å². The molecule has 0 aliphatic heterocycles. The molecule has 5 heteroatoms. The summed E-state index contributed by atoms with van der Waals surface area (Å²) in [5.41, 5.74) is 8.33. The number of benzene rings is 2. The summed E-state index contributed by atoms with van der Waals surface area (Å²) in [6.07, 6.45) is 0.638. The van der Waals surface area contributed by atoms with E-state index in [0.29, 0.717) is 29.9 Å². The second-order valence-corrected chi connectivity index (χ2v) is 4.24. The molecule has 0 saturated carbocycles. The number of anilines is 2. The standard InChI is InChI=1S/C15H15N3O2/c16-13-3-1-2-4-14(13)18-15(20)12-7-5-11(6-8-12)9-17-10-19/h1-8,10H,9,16H2,(H,17,19)(H,18,20). The Balaban J connectivity index is 2.06. The summed E-state index contributed by atoms with van der Waals surface area (Å²) < 4.78 is 0. The summed E-state index contributed by atoms with van der Waals surface area (Å²) >= 11 is 0. The maximum atomic E-state index is 12.1. The molecular weight excluding hydrogens is 254 g/mol. The molecule has 2 rings (SSSR count). The van der Waals surface area contributed by atoms with Crippen LogP contribution in [0.25, 0.3) is 0 Å². The first-order valence-corrected chi connectivity index (χ1v) is 6.12. The molecule has 0 heterocycles. The van der Waals surface area contributed by atoms with E-state index in [9.17, 15) is 9.59 Å². The number of hydrogen-bond acceptors (Lipinski definition) is 3. The van der Waals surface area contributed by atoms with Crippen molar-refractivity contribution in [1.29, 1.82) is 0 Å². The van der Waals surface area contributed by atoms with Gasteiger partial charge in [0, 0.05) is 12.1 Å². The van der Waals surface area contributed by atoms with E-state index < -0.39 is 0 Å². The van der Waals surface area contributed by atoms with Gasteiger partial charge in [-0.1, -0.05) is 24.3 Å². The van der Waals surface area contributed by atoms with Crippen molar-refractivity contribution in [2.24, 2.45) is 0 Å². The van der Waals surface area contributed by atoms with Gasteiger partial charge >= 0.3 is 0 Å². The van der Waals surface area contributed by atoms with E-state index in [2.05, 4.69) is 10.6 Å². The van der Waals surface area contributed by atoms with Crippen molar-refractivity contribution in [3.63, 3.8) is 0 Å². The number of nitrogens with two attached hydrogens (primary N) is 1. The van der Waals surface area contributed by atoms with Crippen molar-refractivity contribution in [2.75, 3.05) is 11.1 Å². The molecule has 0 bridgehead atoms. The van der Waals surface area contributed by atoms with Crippen LogP contribution in [-0.2, 0) is 11.3 Å². The molecule has 2 aromatic carbocycles. The van der Waals surface area contributed by atoms with Crippen LogP contribution in [0.4, 0.5) is 11.4 Å². The van der Waals surface area contributed by atoms with Crippen LogP contribution in [-0.4, -0.2) is 12.3 Å². The van der Waals surface area contributed by atoms with Crippen molar-refractivity contribution < 1.29 is 9.59 Å². The van der Waals surface area contributed by atoms with Gasteiger partial charge in [0.25, 0.3) is 5.91 Å². The number of para-hydroxylation sites is 2. The Morgan fingerprint density at radius 2 is 1.80 bits per heavy atom. The SMILES string of the molecule is Nc1ccccc1NC(=O)c1ccc(CNC=O)cc1. The second-order valence-electron chi connectivity index (χ2n) is 4.24. The van der Waals surface area contributed by atoms with E-state index in [1.807, 2.05) is 0 Å². The molecular formula is C15H15N3O2. The van der Waals surface area contributed by atoms with Gasteiger partial charge in [-0.2, -0.15) is 0 Å². The van der Waals surface area contributed by atoms with Gasteiger partial charge < -0.3 is 16.4 Å². The molecule has 0 aliphatic carbocycles. The van der Waals surface area contributed by atoms with E-state index in [1.54, 1.807) is 48.5 Å². The lowest BCUT2D eigenvalue weighted by Gasteiger charge is -2.08. The minimum absolute atomic E-state index is 0.224. The molecule has 0 aromatic heterocycles. The van der Waals surface area contributed by atoms with Gasteiger partial charge in [-0.05, 0) is 29.8 Å². The van der Waals surface area contributed by atoms with Crippen LogP contribution in [0.3, 0.4) is 0 Å². The highest BCUT2D eigenvalue weighted by atomic mass is 16.1. The second kappa shape index (κ2) is 6.38. The lowest BCUT2D eigenvalue weighted by Crippen LogP contribution is -2.14. The third-order valence-corrected chi connectivity index (χ3v) is 2.81. The van der Waals surface area contributed by atoms with Gasteiger partial charge in [0.15, 0.2) is 0 Å². The molecule has 5 nitrogen and oxygen atoms in total. The third kappa shape index (κ3) is 3.35. The molecule has 20 heavy (non-hydrogen) atoms. The highest BCUT2D eigenvalue weighted by molar-refractivity contribution is 6.05. The first-order valence-electron chi connectivity index (χ1n) is 6.12. The van der Waals surface area contributed by atoms with E-state index in [-0.39, 0.29) is 5.91 Å². The Bertz CT molecular complexity index is 609. The van der Waals surface area contributed by atoms with Crippen LogP contribution >= 0.6 is 0 Å². The first kappa shape index (κ1) is 13.6. The van der Waals surface area contributed by atoms with E-state index in [1.165, 1.54) is 0 Å². The molecule has 0 atom stereocenters. The fraction of sp³-hybridized carbons (Fsp3) is 0.0667. The molecule has 0 radical (unpaired) electrons. The third-order valence-electron chi connectivity index (χ3n) is 2.81. The van der Waals surface area contributed by atoms with Gasteiger partial charge in [-0.25, -0.2) is 0 Å². The molecule has 0 saturated heterocycles. The fourth-order valence-corrected chi connectivity index (χ4v) is 1.74.